The van der Waals surface area contributed by atoms with Crippen LogP contribution in [0.15, 0.2) is 51.9 Å². The van der Waals surface area contributed by atoms with Gasteiger partial charge in [0.05, 0.1) is 5.52 Å². The number of hydrogen-bond acceptors (Lipinski definition) is 3. The zero-order valence-corrected chi connectivity index (χ0v) is 17.0. The monoisotopic (exact) mass is 439 g/mol. The summed E-state index contributed by atoms with van der Waals surface area (Å²) in [6, 6.07) is 10.7. The van der Waals surface area contributed by atoms with Gasteiger partial charge in [-0.15, -0.1) is 0 Å². The highest BCUT2D eigenvalue weighted by Gasteiger charge is 2.25. The predicted octanol–water partition coefficient (Wildman–Crippen LogP) is 4.09. The van der Waals surface area contributed by atoms with E-state index in [9.17, 15) is 14.4 Å². The van der Waals surface area contributed by atoms with E-state index in [0.717, 1.165) is 22.0 Å². The quantitative estimate of drug-likeness (QED) is 0.644. The van der Waals surface area contributed by atoms with E-state index in [-0.39, 0.29) is 22.9 Å². The lowest BCUT2D eigenvalue weighted by Gasteiger charge is -2.13. The number of nitrogens with one attached hydrogen (secondary N) is 2. The van der Waals surface area contributed by atoms with Crippen LogP contribution in [-0.2, 0) is 11.2 Å². The van der Waals surface area contributed by atoms with E-state index >= 15 is 0 Å². The van der Waals surface area contributed by atoms with Gasteiger partial charge in [-0.05, 0) is 55.3 Å². The van der Waals surface area contributed by atoms with E-state index in [1.54, 1.807) is 36.5 Å². The molecule has 0 spiro atoms. The third kappa shape index (κ3) is 3.22. The Kier molecular flexibility index (Phi) is 4.55. The molecular formula is C21H18BrN3O3. The summed E-state index contributed by atoms with van der Waals surface area (Å²) in [5.74, 6) is -0.623. The average molecular weight is 440 g/mol. The number of halogens is 1. The van der Waals surface area contributed by atoms with Crippen LogP contribution in [0.3, 0.4) is 0 Å². The van der Waals surface area contributed by atoms with Crippen molar-refractivity contribution in [3.8, 4) is 0 Å². The zero-order chi connectivity index (χ0) is 20.0. The van der Waals surface area contributed by atoms with Gasteiger partial charge < -0.3 is 15.2 Å². The highest BCUT2D eigenvalue weighted by molar-refractivity contribution is 9.10. The maximum Gasteiger partial charge on any atom is 0.261 e. The Bertz CT molecular complexity index is 1180. The summed E-state index contributed by atoms with van der Waals surface area (Å²) < 4.78 is 2.84. The van der Waals surface area contributed by atoms with Crippen molar-refractivity contribution in [1.29, 1.82) is 0 Å². The SMILES string of the molecule is CC(=O)Nc1ccc(NC(=O)c2cn3c4c(cc(Br)cc4c2=O)C[C@@H]3C)cc1. The van der Waals surface area contributed by atoms with Crippen LogP contribution >= 0.6 is 15.9 Å². The van der Waals surface area contributed by atoms with Crippen molar-refractivity contribution in [2.45, 2.75) is 26.3 Å². The fraction of sp³-hybridized carbons (Fsp3) is 0.190. The molecule has 2 heterocycles. The molecule has 0 aliphatic carbocycles. The highest BCUT2D eigenvalue weighted by atomic mass is 79.9. The second-order valence-electron chi connectivity index (χ2n) is 7.01. The van der Waals surface area contributed by atoms with Gasteiger partial charge in [-0.3, -0.25) is 14.4 Å². The van der Waals surface area contributed by atoms with Crippen LogP contribution in [0.4, 0.5) is 11.4 Å². The summed E-state index contributed by atoms with van der Waals surface area (Å²) in [5.41, 5.74) is 3.01. The summed E-state index contributed by atoms with van der Waals surface area (Å²) >= 11 is 3.46. The van der Waals surface area contributed by atoms with Crippen LogP contribution in [0.1, 0.15) is 35.8 Å². The molecule has 142 valence electrons. The normalized spacial score (nSPS) is 14.9. The lowest BCUT2D eigenvalue weighted by molar-refractivity contribution is -0.114. The smallest absolute Gasteiger partial charge is 0.261 e. The summed E-state index contributed by atoms with van der Waals surface area (Å²) in [5, 5.41) is 5.98. The first-order valence-electron chi connectivity index (χ1n) is 8.90. The van der Waals surface area contributed by atoms with Crippen LogP contribution in [0, 0.1) is 0 Å². The van der Waals surface area contributed by atoms with Crippen LogP contribution in [0.25, 0.3) is 10.9 Å². The molecule has 1 aliphatic rings. The molecule has 0 radical (unpaired) electrons. The van der Waals surface area contributed by atoms with Gasteiger partial charge in [0.15, 0.2) is 0 Å². The van der Waals surface area contributed by atoms with Gasteiger partial charge in [0, 0.05) is 40.4 Å². The van der Waals surface area contributed by atoms with Crippen molar-refractivity contribution in [3.63, 3.8) is 0 Å². The number of carbonyl (C=O) groups is 2. The van der Waals surface area contributed by atoms with Crippen molar-refractivity contribution >= 4 is 50.0 Å². The van der Waals surface area contributed by atoms with E-state index in [1.165, 1.54) is 6.92 Å². The minimum atomic E-state index is -0.455. The number of nitrogens with zero attached hydrogens (tertiary/aromatic N) is 1. The molecule has 2 N–H and O–H groups in total. The largest absolute Gasteiger partial charge is 0.343 e. The molecule has 4 rings (SSSR count). The van der Waals surface area contributed by atoms with Crippen LogP contribution in [0.5, 0.6) is 0 Å². The van der Waals surface area contributed by atoms with E-state index in [1.807, 2.05) is 10.6 Å². The Morgan fingerprint density at radius 3 is 2.39 bits per heavy atom. The highest BCUT2D eigenvalue weighted by Crippen LogP contribution is 2.33. The molecule has 0 saturated heterocycles. The number of hydrogen-bond donors (Lipinski definition) is 2. The minimum absolute atomic E-state index is 0.108. The van der Waals surface area contributed by atoms with Gasteiger partial charge in [-0.1, -0.05) is 15.9 Å². The third-order valence-electron chi connectivity index (χ3n) is 4.87. The topological polar surface area (TPSA) is 80.2 Å². The van der Waals surface area contributed by atoms with Crippen molar-refractivity contribution in [1.82, 2.24) is 4.57 Å². The maximum atomic E-state index is 13.0. The minimum Gasteiger partial charge on any atom is -0.343 e. The molecule has 2 aromatic carbocycles. The number of rotatable bonds is 3. The van der Waals surface area contributed by atoms with E-state index in [4.69, 9.17) is 0 Å². The number of benzene rings is 2. The first-order chi connectivity index (χ1) is 13.3. The van der Waals surface area contributed by atoms with Crippen LogP contribution in [-0.4, -0.2) is 16.4 Å². The first-order valence-corrected chi connectivity index (χ1v) is 9.69. The average Bonchev–Trinajstić information content (AvgIpc) is 2.94. The van der Waals surface area contributed by atoms with Gasteiger partial charge in [-0.2, -0.15) is 0 Å². The molecule has 1 aromatic heterocycles. The second kappa shape index (κ2) is 6.91. The lowest BCUT2D eigenvalue weighted by Crippen LogP contribution is -2.23. The Morgan fingerprint density at radius 1 is 1.11 bits per heavy atom. The summed E-state index contributed by atoms with van der Waals surface area (Å²) in [7, 11) is 0. The lowest BCUT2D eigenvalue weighted by atomic mass is 10.1. The van der Waals surface area contributed by atoms with Crippen LogP contribution < -0.4 is 16.1 Å². The molecule has 1 atom stereocenters. The van der Waals surface area contributed by atoms with Gasteiger partial charge in [0.1, 0.15) is 5.56 Å². The molecule has 3 aromatic rings. The van der Waals surface area contributed by atoms with Gasteiger partial charge in [-0.25, -0.2) is 0 Å². The number of anilines is 2. The van der Waals surface area contributed by atoms with Gasteiger partial charge in [0.25, 0.3) is 5.91 Å². The first kappa shape index (κ1) is 18.4. The standard InChI is InChI=1S/C21H18BrN3O3/c1-11-7-13-8-14(22)9-17-19(13)25(11)10-18(20(17)27)21(28)24-16-5-3-15(4-6-16)23-12(2)26/h3-6,8-11H,7H2,1-2H3,(H,23,26)(H,24,28)/t11-/m0/s1. The fourth-order valence-electron chi connectivity index (χ4n) is 3.66. The van der Waals surface area contributed by atoms with Gasteiger partial charge >= 0.3 is 0 Å². The summed E-state index contributed by atoms with van der Waals surface area (Å²) in [4.78, 5) is 36.9. The molecule has 7 heteroatoms. The van der Waals surface area contributed by atoms with Crippen molar-refractivity contribution in [2.24, 2.45) is 0 Å². The molecule has 6 nitrogen and oxygen atoms in total. The Morgan fingerprint density at radius 2 is 1.75 bits per heavy atom. The molecular weight excluding hydrogens is 422 g/mol. The second-order valence-corrected chi connectivity index (χ2v) is 7.92. The zero-order valence-electron chi connectivity index (χ0n) is 15.4. The molecule has 2 amide bonds. The fourth-order valence-corrected chi connectivity index (χ4v) is 4.17. The predicted molar refractivity (Wildman–Crippen MR) is 113 cm³/mol. The Labute approximate surface area is 169 Å². The van der Waals surface area contributed by atoms with Crippen molar-refractivity contribution in [3.05, 3.63) is 68.4 Å². The Balaban J connectivity index is 1.70. The van der Waals surface area contributed by atoms with E-state index < -0.39 is 5.91 Å². The van der Waals surface area contributed by atoms with Crippen LogP contribution in [0.2, 0.25) is 0 Å². The number of amides is 2. The number of carbonyl (C=O) groups excluding carboxylic acids is 2. The molecule has 1 aliphatic heterocycles. The molecule has 0 fully saturated rings. The van der Waals surface area contributed by atoms with Crippen molar-refractivity contribution < 1.29 is 9.59 Å². The van der Waals surface area contributed by atoms with Crippen molar-refractivity contribution in [2.75, 3.05) is 10.6 Å². The number of pyridine rings is 1. The molecule has 0 unspecified atom stereocenters. The van der Waals surface area contributed by atoms with Gasteiger partial charge in [0.2, 0.25) is 11.3 Å². The molecule has 0 bridgehead atoms. The Hall–Kier alpha value is -2.93. The summed E-state index contributed by atoms with van der Waals surface area (Å²) in [6.45, 7) is 3.50. The van der Waals surface area contributed by atoms with E-state index in [2.05, 4.69) is 33.5 Å². The summed E-state index contributed by atoms with van der Waals surface area (Å²) in [6.07, 6.45) is 2.48. The maximum absolute atomic E-state index is 13.0. The van der Waals surface area contributed by atoms with E-state index in [0.29, 0.717) is 16.8 Å². The number of aromatic nitrogens is 1. The third-order valence-corrected chi connectivity index (χ3v) is 5.33. The molecule has 28 heavy (non-hydrogen) atoms. The molecule has 0 saturated carbocycles.